The van der Waals surface area contributed by atoms with Crippen LogP contribution in [0.3, 0.4) is 0 Å². The molecule has 1 N–H and O–H groups in total. The third-order valence-electron chi connectivity index (χ3n) is 3.66. The Hall–Kier alpha value is -1.19. The van der Waals surface area contributed by atoms with Gasteiger partial charge in [0.2, 0.25) is 0 Å². The maximum atomic E-state index is 12.3. The van der Waals surface area contributed by atoms with Gasteiger partial charge >= 0.3 is 0 Å². The number of nitrogens with zero attached hydrogens (tertiary/aromatic N) is 1. The van der Waals surface area contributed by atoms with E-state index in [1.165, 1.54) is 0 Å². The molecule has 1 aliphatic heterocycles. The lowest BCUT2D eigenvalue weighted by Crippen LogP contribution is -2.54. The van der Waals surface area contributed by atoms with E-state index in [1.54, 1.807) is 0 Å². The van der Waals surface area contributed by atoms with Crippen LogP contribution >= 0.6 is 0 Å². The zero-order chi connectivity index (χ0) is 13.0. The van der Waals surface area contributed by atoms with Gasteiger partial charge in [0.1, 0.15) is 0 Å². The second-order valence-electron chi connectivity index (χ2n) is 5.52. The van der Waals surface area contributed by atoms with Gasteiger partial charge in [0.15, 0.2) is 5.78 Å². The molecule has 1 aromatic carbocycles. The van der Waals surface area contributed by atoms with Crippen molar-refractivity contribution >= 4 is 5.78 Å². The van der Waals surface area contributed by atoms with Gasteiger partial charge in [-0.05, 0) is 13.8 Å². The van der Waals surface area contributed by atoms with Gasteiger partial charge in [-0.15, -0.1) is 0 Å². The Kier molecular flexibility index (Phi) is 4.15. The number of benzene rings is 1. The van der Waals surface area contributed by atoms with Crippen LogP contribution in [0.4, 0.5) is 0 Å². The van der Waals surface area contributed by atoms with E-state index in [2.05, 4.69) is 24.1 Å². The number of nitrogens with one attached hydrogen (secondary N) is 1. The number of rotatable bonds is 4. The predicted molar refractivity (Wildman–Crippen MR) is 73.9 cm³/mol. The lowest BCUT2D eigenvalue weighted by molar-refractivity contribution is 0.0729. The lowest BCUT2D eigenvalue weighted by atomic mass is 9.92. The Bertz CT molecular complexity index is 394. The molecule has 98 valence electrons. The maximum absolute atomic E-state index is 12.3. The van der Waals surface area contributed by atoms with Crippen molar-refractivity contribution in [1.29, 1.82) is 0 Å². The minimum absolute atomic E-state index is 0.0605. The summed E-state index contributed by atoms with van der Waals surface area (Å²) in [6.07, 6.45) is 0.580. The first-order valence-electron chi connectivity index (χ1n) is 6.64. The number of ketones is 1. The van der Waals surface area contributed by atoms with Crippen LogP contribution in [0.15, 0.2) is 30.3 Å². The minimum atomic E-state index is -0.0605. The molecular formula is C15H22N2O. The third-order valence-corrected chi connectivity index (χ3v) is 3.66. The molecular weight excluding hydrogens is 224 g/mol. The van der Waals surface area contributed by atoms with Crippen molar-refractivity contribution in [1.82, 2.24) is 10.2 Å². The van der Waals surface area contributed by atoms with Crippen molar-refractivity contribution in [3.63, 3.8) is 0 Å². The van der Waals surface area contributed by atoms with Crippen LogP contribution in [0, 0.1) is 0 Å². The average Bonchev–Trinajstić information content (AvgIpc) is 2.40. The molecule has 0 unspecified atom stereocenters. The summed E-state index contributed by atoms with van der Waals surface area (Å²) in [6.45, 7) is 8.41. The number of hydrogen-bond donors (Lipinski definition) is 1. The van der Waals surface area contributed by atoms with Gasteiger partial charge in [-0.3, -0.25) is 9.69 Å². The first-order valence-corrected chi connectivity index (χ1v) is 6.64. The highest BCUT2D eigenvalue weighted by molar-refractivity contribution is 5.96. The number of Topliss-reactive ketones (excluding diaryl/α,β-unsaturated/α-hetero) is 1. The van der Waals surface area contributed by atoms with E-state index in [0.717, 1.165) is 31.7 Å². The van der Waals surface area contributed by atoms with Crippen LogP contribution in [0.25, 0.3) is 0 Å². The molecule has 1 aliphatic rings. The molecule has 3 nitrogen and oxygen atoms in total. The van der Waals surface area contributed by atoms with E-state index in [-0.39, 0.29) is 11.3 Å². The Balaban J connectivity index is 2.01. The summed E-state index contributed by atoms with van der Waals surface area (Å²) in [5.74, 6) is 0.235. The van der Waals surface area contributed by atoms with Crippen LogP contribution < -0.4 is 5.32 Å². The highest BCUT2D eigenvalue weighted by Gasteiger charge is 2.30. The van der Waals surface area contributed by atoms with Gasteiger partial charge in [0.25, 0.3) is 0 Å². The SMILES string of the molecule is CC(C)(CC(=O)c1ccccc1)N1CCNCC1. The Morgan fingerprint density at radius 2 is 1.83 bits per heavy atom. The average molecular weight is 246 g/mol. The molecule has 2 rings (SSSR count). The van der Waals surface area contributed by atoms with Gasteiger partial charge in [0, 0.05) is 43.7 Å². The van der Waals surface area contributed by atoms with E-state index in [9.17, 15) is 4.79 Å². The summed E-state index contributed by atoms with van der Waals surface area (Å²) in [5, 5.41) is 3.35. The van der Waals surface area contributed by atoms with Crippen LogP contribution in [0.5, 0.6) is 0 Å². The fourth-order valence-electron chi connectivity index (χ4n) is 2.50. The topological polar surface area (TPSA) is 32.3 Å². The van der Waals surface area contributed by atoms with E-state index in [4.69, 9.17) is 0 Å². The van der Waals surface area contributed by atoms with Crippen LogP contribution in [0.2, 0.25) is 0 Å². The fraction of sp³-hybridized carbons (Fsp3) is 0.533. The molecule has 0 aromatic heterocycles. The maximum Gasteiger partial charge on any atom is 0.164 e. The molecule has 0 atom stereocenters. The van der Waals surface area contributed by atoms with Gasteiger partial charge in [-0.2, -0.15) is 0 Å². The van der Waals surface area contributed by atoms with Crippen LogP contribution in [0.1, 0.15) is 30.6 Å². The highest BCUT2D eigenvalue weighted by Crippen LogP contribution is 2.21. The van der Waals surface area contributed by atoms with Gasteiger partial charge < -0.3 is 5.32 Å². The highest BCUT2D eigenvalue weighted by atomic mass is 16.1. The Morgan fingerprint density at radius 3 is 2.44 bits per heavy atom. The molecule has 0 amide bonds. The van der Waals surface area contributed by atoms with Crippen LogP contribution in [-0.4, -0.2) is 42.4 Å². The van der Waals surface area contributed by atoms with Gasteiger partial charge in [-0.1, -0.05) is 30.3 Å². The summed E-state index contributed by atoms with van der Waals surface area (Å²) >= 11 is 0. The third kappa shape index (κ3) is 3.18. The first-order chi connectivity index (χ1) is 8.59. The van der Waals surface area contributed by atoms with E-state index in [1.807, 2.05) is 30.3 Å². The molecule has 0 bridgehead atoms. The van der Waals surface area contributed by atoms with Crippen molar-refractivity contribution in [3.05, 3.63) is 35.9 Å². The predicted octanol–water partition coefficient (Wildman–Crippen LogP) is 1.94. The second kappa shape index (κ2) is 5.63. The molecule has 0 aliphatic carbocycles. The summed E-state index contributed by atoms with van der Waals surface area (Å²) < 4.78 is 0. The molecule has 0 spiro atoms. The van der Waals surface area contributed by atoms with Crippen molar-refractivity contribution in [2.24, 2.45) is 0 Å². The zero-order valence-electron chi connectivity index (χ0n) is 11.3. The molecule has 0 radical (unpaired) electrons. The zero-order valence-corrected chi connectivity index (χ0v) is 11.3. The molecule has 0 saturated carbocycles. The smallest absolute Gasteiger partial charge is 0.164 e. The normalized spacial score (nSPS) is 17.7. The summed E-state index contributed by atoms with van der Waals surface area (Å²) in [4.78, 5) is 14.7. The van der Waals surface area contributed by atoms with E-state index >= 15 is 0 Å². The van der Waals surface area contributed by atoms with Gasteiger partial charge in [0.05, 0.1) is 0 Å². The Labute approximate surface area is 109 Å². The van der Waals surface area contributed by atoms with Crippen molar-refractivity contribution in [2.45, 2.75) is 25.8 Å². The van der Waals surface area contributed by atoms with E-state index in [0.29, 0.717) is 6.42 Å². The molecule has 18 heavy (non-hydrogen) atoms. The van der Waals surface area contributed by atoms with Gasteiger partial charge in [-0.25, -0.2) is 0 Å². The molecule has 3 heteroatoms. The van der Waals surface area contributed by atoms with Crippen molar-refractivity contribution in [3.8, 4) is 0 Å². The van der Waals surface area contributed by atoms with E-state index < -0.39 is 0 Å². The molecule has 1 heterocycles. The second-order valence-corrected chi connectivity index (χ2v) is 5.52. The standard InChI is InChI=1S/C15H22N2O/c1-15(2,17-10-8-16-9-11-17)12-14(18)13-6-4-3-5-7-13/h3-7,16H,8-12H2,1-2H3. The fourth-order valence-corrected chi connectivity index (χ4v) is 2.50. The minimum Gasteiger partial charge on any atom is -0.314 e. The summed E-state index contributed by atoms with van der Waals surface area (Å²) in [5.41, 5.74) is 0.760. The van der Waals surface area contributed by atoms with Crippen LogP contribution in [-0.2, 0) is 0 Å². The number of carbonyl (C=O) groups excluding carboxylic acids is 1. The first kappa shape index (κ1) is 13.2. The summed E-state index contributed by atoms with van der Waals surface area (Å²) in [6, 6.07) is 9.58. The molecule has 1 aromatic rings. The number of hydrogen-bond acceptors (Lipinski definition) is 3. The van der Waals surface area contributed by atoms with Crippen molar-refractivity contribution in [2.75, 3.05) is 26.2 Å². The largest absolute Gasteiger partial charge is 0.314 e. The number of piperazine rings is 1. The Morgan fingerprint density at radius 1 is 1.22 bits per heavy atom. The quantitative estimate of drug-likeness (QED) is 0.824. The number of carbonyl (C=O) groups is 1. The lowest BCUT2D eigenvalue weighted by Gasteiger charge is -2.40. The van der Waals surface area contributed by atoms with Crippen molar-refractivity contribution < 1.29 is 4.79 Å². The molecule has 1 fully saturated rings. The monoisotopic (exact) mass is 246 g/mol. The summed E-state index contributed by atoms with van der Waals surface area (Å²) in [7, 11) is 0. The molecule has 1 saturated heterocycles.